The largest absolute Gasteiger partial charge is 0.370 e. The summed E-state index contributed by atoms with van der Waals surface area (Å²) in [5.41, 5.74) is 6.69. The van der Waals surface area contributed by atoms with E-state index in [9.17, 15) is 0 Å². The van der Waals surface area contributed by atoms with Gasteiger partial charge in [-0.1, -0.05) is 6.07 Å². The summed E-state index contributed by atoms with van der Waals surface area (Å²) in [5, 5.41) is 3.30. The maximum atomic E-state index is 5.61. The van der Waals surface area contributed by atoms with Gasteiger partial charge in [0.05, 0.1) is 0 Å². The predicted molar refractivity (Wildman–Crippen MR) is 63.8 cm³/mol. The first-order valence-electron chi connectivity index (χ1n) is 5.26. The van der Waals surface area contributed by atoms with Crippen molar-refractivity contribution in [1.29, 1.82) is 0 Å². The molecule has 1 aromatic heterocycles. The van der Waals surface area contributed by atoms with E-state index in [1.165, 1.54) is 0 Å². The van der Waals surface area contributed by atoms with Gasteiger partial charge in [0.2, 0.25) is 0 Å². The van der Waals surface area contributed by atoms with E-state index in [0.29, 0.717) is 6.54 Å². The van der Waals surface area contributed by atoms with Crippen molar-refractivity contribution in [2.24, 2.45) is 5.73 Å². The number of nitrogens with zero attached hydrogens (tertiary/aromatic N) is 2. The summed E-state index contributed by atoms with van der Waals surface area (Å²) in [6.07, 6.45) is 2.89. The molecule has 0 fully saturated rings. The molecular weight excluding hydrogens is 188 g/mol. The molecule has 0 amide bonds. The van der Waals surface area contributed by atoms with Gasteiger partial charge in [0.25, 0.3) is 0 Å². The van der Waals surface area contributed by atoms with Crippen LogP contribution in [0.5, 0.6) is 0 Å². The zero-order valence-electron chi connectivity index (χ0n) is 9.53. The normalized spacial score (nSPS) is 10.7. The molecule has 0 aromatic carbocycles. The van der Waals surface area contributed by atoms with Crippen LogP contribution in [0.25, 0.3) is 0 Å². The summed E-state index contributed by atoms with van der Waals surface area (Å²) in [5.74, 6) is 0.916. The highest BCUT2D eigenvalue weighted by Gasteiger charge is 1.99. The van der Waals surface area contributed by atoms with Crippen molar-refractivity contribution in [2.45, 2.75) is 13.0 Å². The number of anilines is 1. The van der Waals surface area contributed by atoms with Crippen LogP contribution in [-0.4, -0.2) is 37.1 Å². The molecule has 0 aliphatic carbocycles. The van der Waals surface area contributed by atoms with Gasteiger partial charge in [-0.05, 0) is 33.1 Å². The van der Waals surface area contributed by atoms with Crippen LogP contribution < -0.4 is 11.1 Å². The van der Waals surface area contributed by atoms with Crippen molar-refractivity contribution in [3.63, 3.8) is 0 Å². The molecule has 0 aliphatic heterocycles. The van der Waals surface area contributed by atoms with Gasteiger partial charge in [-0.25, -0.2) is 4.98 Å². The summed E-state index contributed by atoms with van der Waals surface area (Å²) in [4.78, 5) is 6.43. The highest BCUT2D eigenvalue weighted by Crippen LogP contribution is 2.09. The summed E-state index contributed by atoms with van der Waals surface area (Å²) in [6, 6.07) is 3.91. The lowest BCUT2D eigenvalue weighted by atomic mass is 10.2. The van der Waals surface area contributed by atoms with E-state index >= 15 is 0 Å². The van der Waals surface area contributed by atoms with Crippen molar-refractivity contribution in [1.82, 2.24) is 9.88 Å². The Bertz CT molecular complexity index is 286. The number of hydrogen-bond donors (Lipinski definition) is 2. The van der Waals surface area contributed by atoms with Gasteiger partial charge < -0.3 is 16.0 Å². The number of nitrogens with two attached hydrogens (primary N) is 1. The number of pyridine rings is 1. The van der Waals surface area contributed by atoms with Crippen LogP contribution in [0.2, 0.25) is 0 Å². The molecule has 4 nitrogen and oxygen atoms in total. The number of nitrogens with one attached hydrogen (secondary N) is 1. The highest BCUT2D eigenvalue weighted by molar-refractivity contribution is 5.43. The molecule has 0 bridgehead atoms. The Morgan fingerprint density at radius 2 is 2.27 bits per heavy atom. The maximum absolute atomic E-state index is 5.61. The smallest absolute Gasteiger partial charge is 0.130 e. The molecule has 0 saturated carbocycles. The molecule has 1 rings (SSSR count). The molecule has 15 heavy (non-hydrogen) atoms. The van der Waals surface area contributed by atoms with Crippen LogP contribution in [0.3, 0.4) is 0 Å². The minimum absolute atomic E-state index is 0.532. The fourth-order valence-corrected chi connectivity index (χ4v) is 1.36. The summed E-state index contributed by atoms with van der Waals surface area (Å²) in [6.45, 7) is 2.55. The zero-order chi connectivity index (χ0) is 11.1. The molecule has 0 radical (unpaired) electrons. The Balaban J connectivity index is 2.36. The molecule has 0 saturated heterocycles. The molecule has 3 N–H and O–H groups in total. The van der Waals surface area contributed by atoms with Crippen LogP contribution in [0, 0.1) is 0 Å². The second-order valence-electron chi connectivity index (χ2n) is 3.80. The van der Waals surface area contributed by atoms with E-state index in [0.717, 1.165) is 30.9 Å². The second-order valence-corrected chi connectivity index (χ2v) is 3.80. The molecule has 84 valence electrons. The van der Waals surface area contributed by atoms with Crippen molar-refractivity contribution >= 4 is 5.82 Å². The van der Waals surface area contributed by atoms with E-state index < -0.39 is 0 Å². The third-order valence-corrected chi connectivity index (χ3v) is 2.19. The van der Waals surface area contributed by atoms with Gasteiger partial charge in [-0.3, -0.25) is 0 Å². The third kappa shape index (κ3) is 4.27. The van der Waals surface area contributed by atoms with Crippen molar-refractivity contribution in [3.05, 3.63) is 23.9 Å². The first-order chi connectivity index (χ1) is 7.24. The fourth-order valence-electron chi connectivity index (χ4n) is 1.36. The topological polar surface area (TPSA) is 54.2 Å². The number of rotatable bonds is 6. The van der Waals surface area contributed by atoms with Crippen LogP contribution in [0.4, 0.5) is 5.82 Å². The van der Waals surface area contributed by atoms with Gasteiger partial charge in [-0.15, -0.1) is 0 Å². The molecule has 0 spiro atoms. The molecule has 4 heteroatoms. The van der Waals surface area contributed by atoms with Crippen LogP contribution in [0.15, 0.2) is 18.3 Å². The van der Waals surface area contributed by atoms with Crippen LogP contribution >= 0.6 is 0 Å². The average Bonchev–Trinajstić information content (AvgIpc) is 2.24. The first-order valence-corrected chi connectivity index (χ1v) is 5.26. The Kier molecular flexibility index (Phi) is 5.07. The quantitative estimate of drug-likeness (QED) is 0.682. The minimum Gasteiger partial charge on any atom is -0.370 e. The van der Waals surface area contributed by atoms with Gasteiger partial charge in [0.15, 0.2) is 0 Å². The molecule has 0 unspecified atom stereocenters. The van der Waals surface area contributed by atoms with E-state index in [-0.39, 0.29) is 0 Å². The van der Waals surface area contributed by atoms with E-state index in [1.54, 1.807) is 6.20 Å². The lowest BCUT2D eigenvalue weighted by Gasteiger charge is -2.11. The SMILES string of the molecule is CN(C)CCCNc1ncccc1CN. The van der Waals surface area contributed by atoms with Crippen molar-refractivity contribution in [3.8, 4) is 0 Å². The summed E-state index contributed by atoms with van der Waals surface area (Å²) in [7, 11) is 4.15. The molecule has 1 aromatic rings. The molecular formula is C11H20N4. The number of aromatic nitrogens is 1. The Morgan fingerprint density at radius 1 is 1.47 bits per heavy atom. The Morgan fingerprint density at radius 3 is 2.93 bits per heavy atom. The van der Waals surface area contributed by atoms with E-state index in [1.807, 2.05) is 12.1 Å². The van der Waals surface area contributed by atoms with Crippen LogP contribution in [0.1, 0.15) is 12.0 Å². The monoisotopic (exact) mass is 208 g/mol. The Labute approximate surface area is 91.5 Å². The standard InChI is InChI=1S/C11H20N4/c1-15(2)8-4-7-14-11-10(9-12)5-3-6-13-11/h3,5-6H,4,7-9,12H2,1-2H3,(H,13,14). The predicted octanol–water partition coefficient (Wildman–Crippen LogP) is 0.904. The summed E-state index contributed by atoms with van der Waals surface area (Å²) < 4.78 is 0. The maximum Gasteiger partial charge on any atom is 0.130 e. The van der Waals surface area contributed by atoms with Gasteiger partial charge in [-0.2, -0.15) is 0 Å². The third-order valence-electron chi connectivity index (χ3n) is 2.19. The first kappa shape index (κ1) is 11.9. The van der Waals surface area contributed by atoms with Gasteiger partial charge in [0.1, 0.15) is 5.82 Å². The van der Waals surface area contributed by atoms with E-state index in [2.05, 4.69) is 29.3 Å². The van der Waals surface area contributed by atoms with E-state index in [4.69, 9.17) is 5.73 Å². The van der Waals surface area contributed by atoms with Gasteiger partial charge in [0, 0.05) is 24.8 Å². The second kappa shape index (κ2) is 6.37. The fraction of sp³-hybridized carbons (Fsp3) is 0.545. The average molecular weight is 208 g/mol. The van der Waals surface area contributed by atoms with Crippen molar-refractivity contribution in [2.75, 3.05) is 32.5 Å². The molecule has 0 atom stereocenters. The minimum atomic E-state index is 0.532. The molecule has 0 aliphatic rings. The zero-order valence-corrected chi connectivity index (χ0v) is 9.53. The Hall–Kier alpha value is -1.13. The summed E-state index contributed by atoms with van der Waals surface area (Å²) >= 11 is 0. The lowest BCUT2D eigenvalue weighted by molar-refractivity contribution is 0.405. The lowest BCUT2D eigenvalue weighted by Crippen LogP contribution is -2.17. The molecule has 1 heterocycles. The van der Waals surface area contributed by atoms with Crippen LogP contribution in [-0.2, 0) is 6.54 Å². The van der Waals surface area contributed by atoms with Gasteiger partial charge >= 0.3 is 0 Å². The highest BCUT2D eigenvalue weighted by atomic mass is 15.1. The van der Waals surface area contributed by atoms with Crippen molar-refractivity contribution < 1.29 is 0 Å². The number of hydrogen-bond acceptors (Lipinski definition) is 4.